The number of tetrazole rings is 1. The van der Waals surface area contributed by atoms with Gasteiger partial charge in [0.25, 0.3) is 11.9 Å². The minimum atomic E-state index is -0.362. The van der Waals surface area contributed by atoms with Crippen molar-refractivity contribution in [2.24, 2.45) is 0 Å². The summed E-state index contributed by atoms with van der Waals surface area (Å²) in [5.74, 6) is -0.236. The Kier molecular flexibility index (Phi) is 4.24. The third kappa shape index (κ3) is 3.42. The van der Waals surface area contributed by atoms with Gasteiger partial charge in [-0.1, -0.05) is 42.6 Å². The van der Waals surface area contributed by atoms with Crippen LogP contribution in [0.1, 0.15) is 42.6 Å². The molecule has 25 heavy (non-hydrogen) atoms. The standard InChI is InChI=1S/C17H19N7O/c25-16(20-17-21-23-24-22-17)15-10-14(18-11-6-2-1-3-7-11)12-8-4-5-9-13(12)19-15/h4-5,8-11H,1-3,6-7H2,(H,18,19)(H2,20,21,22,23,24,25). The molecule has 0 atom stereocenters. The van der Waals surface area contributed by atoms with E-state index in [0.29, 0.717) is 11.7 Å². The summed E-state index contributed by atoms with van der Waals surface area (Å²) in [7, 11) is 0. The van der Waals surface area contributed by atoms with Gasteiger partial charge >= 0.3 is 0 Å². The number of aromatic amines is 1. The van der Waals surface area contributed by atoms with Crippen LogP contribution in [0.2, 0.25) is 0 Å². The fraction of sp³-hybridized carbons (Fsp3) is 0.353. The molecule has 2 heterocycles. The van der Waals surface area contributed by atoms with Crippen LogP contribution in [0, 0.1) is 0 Å². The second-order valence-corrected chi connectivity index (χ2v) is 6.24. The maximum Gasteiger partial charge on any atom is 0.276 e. The number of benzene rings is 1. The lowest BCUT2D eigenvalue weighted by Crippen LogP contribution is -2.23. The number of nitrogens with zero attached hydrogens (tertiary/aromatic N) is 4. The number of amides is 1. The number of hydrogen-bond donors (Lipinski definition) is 3. The number of anilines is 2. The van der Waals surface area contributed by atoms with E-state index in [1.165, 1.54) is 19.3 Å². The molecular formula is C17H19N7O. The first kappa shape index (κ1) is 15.5. The third-order valence-corrected chi connectivity index (χ3v) is 4.48. The van der Waals surface area contributed by atoms with Crippen molar-refractivity contribution in [1.82, 2.24) is 25.6 Å². The Morgan fingerprint density at radius 2 is 2.00 bits per heavy atom. The first-order valence-electron chi connectivity index (χ1n) is 8.51. The van der Waals surface area contributed by atoms with Gasteiger partial charge in [-0.3, -0.25) is 10.1 Å². The van der Waals surface area contributed by atoms with Crippen LogP contribution in [-0.4, -0.2) is 37.6 Å². The summed E-state index contributed by atoms with van der Waals surface area (Å²) in [5.41, 5.74) is 2.04. The molecule has 3 aromatic rings. The van der Waals surface area contributed by atoms with Crippen LogP contribution >= 0.6 is 0 Å². The molecule has 1 aliphatic rings. The second kappa shape index (κ2) is 6.84. The Hall–Kier alpha value is -3.03. The number of carbonyl (C=O) groups is 1. The number of hydrogen-bond acceptors (Lipinski definition) is 6. The van der Waals surface area contributed by atoms with E-state index in [2.05, 4.69) is 36.2 Å². The smallest absolute Gasteiger partial charge is 0.276 e. The number of H-pyrrole nitrogens is 1. The lowest BCUT2D eigenvalue weighted by molar-refractivity contribution is 0.102. The number of nitrogens with one attached hydrogen (secondary N) is 3. The molecule has 1 fully saturated rings. The summed E-state index contributed by atoms with van der Waals surface area (Å²) < 4.78 is 0. The van der Waals surface area contributed by atoms with Crippen LogP contribution in [-0.2, 0) is 0 Å². The predicted octanol–water partition coefficient (Wildman–Crippen LogP) is 2.74. The lowest BCUT2D eigenvalue weighted by atomic mass is 9.95. The van der Waals surface area contributed by atoms with Gasteiger partial charge in [-0.15, -0.1) is 5.10 Å². The van der Waals surface area contributed by atoms with Gasteiger partial charge in [0.05, 0.1) is 5.52 Å². The predicted molar refractivity (Wildman–Crippen MR) is 94.4 cm³/mol. The van der Waals surface area contributed by atoms with Gasteiger partial charge in [0.2, 0.25) is 0 Å². The summed E-state index contributed by atoms with van der Waals surface area (Å²) in [6.45, 7) is 0. The fourth-order valence-corrected chi connectivity index (χ4v) is 3.26. The highest BCUT2D eigenvalue weighted by atomic mass is 16.2. The van der Waals surface area contributed by atoms with Gasteiger partial charge < -0.3 is 5.32 Å². The van der Waals surface area contributed by atoms with E-state index in [4.69, 9.17) is 0 Å². The molecule has 0 spiro atoms. The number of fused-ring (bicyclic) bond motifs is 1. The molecule has 0 unspecified atom stereocenters. The number of aromatic nitrogens is 5. The van der Waals surface area contributed by atoms with Crippen molar-refractivity contribution in [3.05, 3.63) is 36.0 Å². The zero-order valence-corrected chi connectivity index (χ0v) is 13.7. The average Bonchev–Trinajstić information content (AvgIpc) is 3.15. The van der Waals surface area contributed by atoms with E-state index < -0.39 is 0 Å². The Bertz CT molecular complexity index is 872. The molecule has 1 saturated carbocycles. The zero-order valence-electron chi connectivity index (χ0n) is 13.7. The van der Waals surface area contributed by atoms with Crippen molar-refractivity contribution in [1.29, 1.82) is 0 Å². The molecule has 1 amide bonds. The average molecular weight is 337 g/mol. The first-order valence-corrected chi connectivity index (χ1v) is 8.51. The van der Waals surface area contributed by atoms with Gasteiger partial charge in [-0.2, -0.15) is 5.21 Å². The molecule has 0 bridgehead atoms. The van der Waals surface area contributed by atoms with E-state index in [1.54, 1.807) is 6.07 Å². The van der Waals surface area contributed by atoms with Gasteiger partial charge in [0.15, 0.2) is 0 Å². The van der Waals surface area contributed by atoms with Gasteiger partial charge in [0, 0.05) is 17.1 Å². The number of para-hydroxylation sites is 1. The summed E-state index contributed by atoms with van der Waals surface area (Å²) in [6, 6.07) is 10.1. The molecule has 0 aliphatic heterocycles. The SMILES string of the molecule is O=C(Nc1nn[nH]n1)c1cc(NC2CCCCC2)c2ccccc2n1. The second-order valence-electron chi connectivity index (χ2n) is 6.24. The molecule has 1 aliphatic carbocycles. The van der Waals surface area contributed by atoms with Crippen LogP contribution in [0.15, 0.2) is 30.3 Å². The van der Waals surface area contributed by atoms with Crippen LogP contribution < -0.4 is 10.6 Å². The molecule has 0 saturated heterocycles. The largest absolute Gasteiger partial charge is 0.382 e. The molecule has 3 N–H and O–H groups in total. The zero-order chi connectivity index (χ0) is 17.1. The van der Waals surface area contributed by atoms with Gasteiger partial charge in [0.1, 0.15) is 5.69 Å². The molecule has 0 radical (unpaired) electrons. The number of carbonyl (C=O) groups excluding carboxylic acids is 1. The highest BCUT2D eigenvalue weighted by molar-refractivity contribution is 6.05. The fourth-order valence-electron chi connectivity index (χ4n) is 3.26. The first-order chi connectivity index (χ1) is 12.3. The van der Waals surface area contributed by atoms with Crippen LogP contribution in [0.3, 0.4) is 0 Å². The summed E-state index contributed by atoms with van der Waals surface area (Å²) in [5, 5.41) is 20.4. The lowest BCUT2D eigenvalue weighted by Gasteiger charge is -2.24. The topological polar surface area (TPSA) is 108 Å². The Balaban J connectivity index is 1.66. The monoisotopic (exact) mass is 337 g/mol. The summed E-state index contributed by atoms with van der Waals surface area (Å²) in [6.07, 6.45) is 6.09. The molecule has 128 valence electrons. The maximum atomic E-state index is 12.5. The Labute approximate surface area is 144 Å². The highest BCUT2D eigenvalue weighted by Gasteiger charge is 2.17. The van der Waals surface area contributed by atoms with E-state index >= 15 is 0 Å². The molecule has 4 rings (SSSR count). The quantitative estimate of drug-likeness (QED) is 0.675. The maximum absolute atomic E-state index is 12.5. The normalized spacial score (nSPS) is 15.2. The van der Waals surface area contributed by atoms with Gasteiger partial charge in [-0.25, -0.2) is 4.98 Å². The molecule has 2 aromatic heterocycles. The van der Waals surface area contributed by atoms with Crippen molar-refractivity contribution in [3.8, 4) is 0 Å². The van der Waals surface area contributed by atoms with E-state index in [9.17, 15) is 4.79 Å². The number of rotatable bonds is 4. The van der Waals surface area contributed by atoms with Crippen LogP contribution in [0.5, 0.6) is 0 Å². The van der Waals surface area contributed by atoms with Crippen molar-refractivity contribution in [2.45, 2.75) is 38.1 Å². The van der Waals surface area contributed by atoms with Gasteiger partial charge in [-0.05, 0) is 30.2 Å². The van der Waals surface area contributed by atoms with Crippen LogP contribution in [0.25, 0.3) is 10.9 Å². The highest BCUT2D eigenvalue weighted by Crippen LogP contribution is 2.27. The Morgan fingerprint density at radius 3 is 2.80 bits per heavy atom. The molecule has 1 aromatic carbocycles. The van der Waals surface area contributed by atoms with E-state index in [1.807, 2.05) is 24.3 Å². The molecule has 8 heteroatoms. The van der Waals surface area contributed by atoms with Crippen molar-refractivity contribution >= 4 is 28.4 Å². The molecular weight excluding hydrogens is 318 g/mol. The summed E-state index contributed by atoms with van der Waals surface area (Å²) >= 11 is 0. The van der Waals surface area contributed by atoms with Crippen molar-refractivity contribution in [3.63, 3.8) is 0 Å². The Morgan fingerprint density at radius 1 is 1.16 bits per heavy atom. The molecule has 8 nitrogen and oxygen atoms in total. The van der Waals surface area contributed by atoms with Crippen LogP contribution in [0.4, 0.5) is 11.6 Å². The van der Waals surface area contributed by atoms with E-state index in [-0.39, 0.29) is 11.9 Å². The van der Waals surface area contributed by atoms with Crippen molar-refractivity contribution in [2.75, 3.05) is 10.6 Å². The van der Waals surface area contributed by atoms with E-state index in [0.717, 1.165) is 29.4 Å². The number of pyridine rings is 1. The minimum absolute atomic E-state index is 0.127. The minimum Gasteiger partial charge on any atom is -0.382 e. The van der Waals surface area contributed by atoms with Crippen molar-refractivity contribution < 1.29 is 4.79 Å². The third-order valence-electron chi connectivity index (χ3n) is 4.48. The summed E-state index contributed by atoms with van der Waals surface area (Å²) in [4.78, 5) is 16.9.